The molecule has 0 bridgehead atoms. The van der Waals surface area contributed by atoms with Crippen molar-refractivity contribution in [3.05, 3.63) is 76.9 Å². The largest absolute Gasteiger partial charge is 0.481 e. The number of carbonyl (C=O) groups excluding carboxylic acids is 2. The summed E-state index contributed by atoms with van der Waals surface area (Å²) in [5.41, 5.74) is 2.80. The Balaban J connectivity index is 1.48. The minimum absolute atomic E-state index is 0.0540. The van der Waals surface area contributed by atoms with Crippen LogP contribution in [0.5, 0.6) is 0 Å². The summed E-state index contributed by atoms with van der Waals surface area (Å²) < 4.78 is 25.6. The summed E-state index contributed by atoms with van der Waals surface area (Å²) in [5.74, 6) is -1.71. The third-order valence-electron chi connectivity index (χ3n) is 4.50. The van der Waals surface area contributed by atoms with Gasteiger partial charge in [0, 0.05) is 12.6 Å². The topological polar surface area (TPSA) is 130 Å². The van der Waals surface area contributed by atoms with Gasteiger partial charge in [-0.15, -0.1) is 0 Å². The standard InChI is InChI=1S/C21H20N2O6S/c24-19(11-15-1-3-16(4-2-15)12-21(26)27)22-10-9-14-5-7-17(8-6-14)18-13-20(25)23-30(18,28)29/h1-8,13H,9-12H2,(H,22,24)(H,23,25)(H,26,27). The van der Waals surface area contributed by atoms with Gasteiger partial charge >= 0.3 is 5.97 Å². The van der Waals surface area contributed by atoms with Gasteiger partial charge in [-0.05, 0) is 28.7 Å². The van der Waals surface area contributed by atoms with Gasteiger partial charge in [0.25, 0.3) is 15.9 Å². The highest BCUT2D eigenvalue weighted by molar-refractivity contribution is 7.99. The van der Waals surface area contributed by atoms with Crippen LogP contribution in [0.25, 0.3) is 4.91 Å². The SMILES string of the molecule is O=C(O)Cc1ccc(CC(=O)NCCc2ccc(C3=CC(=O)NS3(=O)=O)cc2)cc1. The summed E-state index contributed by atoms with van der Waals surface area (Å²) in [7, 11) is -3.79. The maximum atomic E-state index is 12.1. The molecule has 0 unspecified atom stereocenters. The molecule has 2 amide bonds. The third-order valence-corrected chi connectivity index (χ3v) is 5.91. The van der Waals surface area contributed by atoms with E-state index in [2.05, 4.69) is 5.32 Å². The molecule has 0 atom stereocenters. The minimum Gasteiger partial charge on any atom is -0.481 e. The third kappa shape index (κ3) is 5.54. The van der Waals surface area contributed by atoms with Crippen LogP contribution in [-0.2, 0) is 43.7 Å². The van der Waals surface area contributed by atoms with Crippen molar-refractivity contribution in [2.45, 2.75) is 19.3 Å². The van der Waals surface area contributed by atoms with Gasteiger partial charge in [0.05, 0.1) is 12.8 Å². The molecular weight excluding hydrogens is 408 g/mol. The number of aliphatic carboxylic acids is 1. The number of nitrogens with one attached hydrogen (secondary N) is 2. The van der Waals surface area contributed by atoms with Crippen molar-refractivity contribution in [3.63, 3.8) is 0 Å². The predicted octanol–water partition coefficient (Wildman–Crippen LogP) is 1.02. The molecule has 0 spiro atoms. The molecule has 2 aromatic rings. The molecule has 3 rings (SSSR count). The Morgan fingerprint density at radius 1 is 0.900 bits per heavy atom. The fraction of sp³-hybridized carbons (Fsp3) is 0.190. The maximum Gasteiger partial charge on any atom is 0.307 e. The number of sulfonamides is 1. The highest BCUT2D eigenvalue weighted by Crippen LogP contribution is 2.24. The van der Waals surface area contributed by atoms with Gasteiger partial charge in [0.2, 0.25) is 5.91 Å². The number of hydrogen-bond acceptors (Lipinski definition) is 5. The van der Waals surface area contributed by atoms with Crippen molar-refractivity contribution < 1.29 is 27.9 Å². The zero-order valence-corrected chi connectivity index (χ0v) is 16.7. The van der Waals surface area contributed by atoms with Crippen molar-refractivity contribution >= 4 is 32.7 Å². The minimum atomic E-state index is -3.79. The summed E-state index contributed by atoms with van der Waals surface area (Å²) in [5, 5.41) is 11.6. The second-order valence-electron chi connectivity index (χ2n) is 6.84. The molecule has 8 nitrogen and oxygen atoms in total. The zero-order chi connectivity index (χ0) is 21.7. The van der Waals surface area contributed by atoms with E-state index >= 15 is 0 Å². The smallest absolute Gasteiger partial charge is 0.307 e. The van der Waals surface area contributed by atoms with Crippen LogP contribution in [0.2, 0.25) is 0 Å². The van der Waals surface area contributed by atoms with Crippen molar-refractivity contribution in [2.24, 2.45) is 0 Å². The zero-order valence-electron chi connectivity index (χ0n) is 15.9. The van der Waals surface area contributed by atoms with Gasteiger partial charge in [0.15, 0.2) is 0 Å². The first-order valence-corrected chi connectivity index (χ1v) is 10.7. The molecule has 0 fully saturated rings. The molecule has 9 heteroatoms. The number of carboxylic acids is 1. The first-order chi connectivity index (χ1) is 14.2. The summed E-state index contributed by atoms with van der Waals surface area (Å²) in [6.07, 6.45) is 1.76. The summed E-state index contributed by atoms with van der Waals surface area (Å²) in [4.78, 5) is 34.0. The maximum absolute atomic E-state index is 12.1. The Labute approximate surface area is 173 Å². The molecular formula is C21H20N2O6S. The normalized spacial score (nSPS) is 14.7. The monoisotopic (exact) mass is 428 g/mol. The van der Waals surface area contributed by atoms with Gasteiger partial charge in [-0.2, -0.15) is 0 Å². The second-order valence-corrected chi connectivity index (χ2v) is 8.49. The summed E-state index contributed by atoms with van der Waals surface area (Å²) in [6.45, 7) is 0.413. The number of carbonyl (C=O) groups is 3. The molecule has 3 N–H and O–H groups in total. The van der Waals surface area contributed by atoms with Gasteiger partial charge in [-0.3, -0.25) is 14.4 Å². The summed E-state index contributed by atoms with van der Waals surface area (Å²) >= 11 is 0. The van der Waals surface area contributed by atoms with E-state index < -0.39 is 21.9 Å². The average Bonchev–Trinajstić information content (AvgIpc) is 2.95. The fourth-order valence-corrected chi connectivity index (χ4v) is 4.17. The molecule has 156 valence electrons. The highest BCUT2D eigenvalue weighted by atomic mass is 32.2. The lowest BCUT2D eigenvalue weighted by atomic mass is 10.1. The van der Waals surface area contributed by atoms with E-state index in [-0.39, 0.29) is 23.7 Å². The number of amides is 2. The molecule has 0 radical (unpaired) electrons. The number of carboxylic acid groups (broad SMARTS) is 1. The number of rotatable bonds is 8. The van der Waals surface area contributed by atoms with E-state index in [0.717, 1.165) is 17.2 Å². The molecule has 30 heavy (non-hydrogen) atoms. The van der Waals surface area contributed by atoms with Crippen LogP contribution < -0.4 is 10.0 Å². The van der Waals surface area contributed by atoms with Gasteiger partial charge in [-0.1, -0.05) is 48.5 Å². The molecule has 0 saturated heterocycles. The molecule has 0 aromatic heterocycles. The van der Waals surface area contributed by atoms with Crippen LogP contribution in [0, 0.1) is 0 Å². The molecule has 0 aliphatic carbocycles. The van der Waals surface area contributed by atoms with E-state index in [9.17, 15) is 22.8 Å². The van der Waals surface area contributed by atoms with Gasteiger partial charge < -0.3 is 10.4 Å². The van der Waals surface area contributed by atoms with E-state index in [4.69, 9.17) is 5.11 Å². The molecule has 2 aromatic carbocycles. The average molecular weight is 428 g/mol. The van der Waals surface area contributed by atoms with Crippen LogP contribution in [-0.4, -0.2) is 37.9 Å². The Bertz CT molecular complexity index is 1100. The Morgan fingerprint density at radius 3 is 2.00 bits per heavy atom. The van der Waals surface area contributed by atoms with Gasteiger partial charge in [0.1, 0.15) is 4.91 Å². The fourth-order valence-electron chi connectivity index (χ4n) is 3.03. The van der Waals surface area contributed by atoms with Crippen LogP contribution in [0.1, 0.15) is 22.3 Å². The second kappa shape index (κ2) is 8.91. The van der Waals surface area contributed by atoms with E-state index in [1.54, 1.807) is 48.5 Å². The van der Waals surface area contributed by atoms with E-state index in [1.165, 1.54) is 0 Å². The highest BCUT2D eigenvalue weighted by Gasteiger charge is 2.28. The summed E-state index contributed by atoms with van der Waals surface area (Å²) in [6, 6.07) is 13.6. The molecule has 1 heterocycles. The van der Waals surface area contributed by atoms with Crippen molar-refractivity contribution in [1.29, 1.82) is 0 Å². The van der Waals surface area contributed by atoms with Crippen molar-refractivity contribution in [1.82, 2.24) is 10.0 Å². The molecule has 1 aliphatic rings. The van der Waals surface area contributed by atoms with E-state index in [0.29, 0.717) is 24.1 Å². The lowest BCUT2D eigenvalue weighted by Gasteiger charge is -2.07. The Morgan fingerprint density at radius 2 is 1.47 bits per heavy atom. The lowest BCUT2D eigenvalue weighted by molar-refractivity contribution is -0.136. The first kappa shape index (κ1) is 21.3. The first-order valence-electron chi connectivity index (χ1n) is 9.17. The van der Waals surface area contributed by atoms with Crippen LogP contribution >= 0.6 is 0 Å². The van der Waals surface area contributed by atoms with Crippen LogP contribution in [0.3, 0.4) is 0 Å². The quantitative estimate of drug-likeness (QED) is 0.576. The number of hydrogen-bond donors (Lipinski definition) is 3. The Hall–Kier alpha value is -3.46. The molecule has 1 aliphatic heterocycles. The number of benzene rings is 2. The van der Waals surface area contributed by atoms with Gasteiger partial charge in [-0.25, -0.2) is 13.1 Å². The lowest BCUT2D eigenvalue weighted by Crippen LogP contribution is -2.27. The Kier molecular flexibility index (Phi) is 6.31. The van der Waals surface area contributed by atoms with Crippen LogP contribution in [0.15, 0.2) is 54.6 Å². The predicted molar refractivity (Wildman–Crippen MR) is 110 cm³/mol. The van der Waals surface area contributed by atoms with Crippen molar-refractivity contribution in [2.75, 3.05) is 6.54 Å². The van der Waals surface area contributed by atoms with Crippen molar-refractivity contribution in [3.8, 4) is 0 Å². The van der Waals surface area contributed by atoms with Crippen LogP contribution in [0.4, 0.5) is 0 Å². The van der Waals surface area contributed by atoms with E-state index in [1.807, 2.05) is 4.72 Å². The molecule has 0 saturated carbocycles.